The summed E-state index contributed by atoms with van der Waals surface area (Å²) in [5.41, 5.74) is 4.60. The summed E-state index contributed by atoms with van der Waals surface area (Å²) in [7, 11) is 1.34. The second-order valence-corrected chi connectivity index (χ2v) is 12.1. The maximum absolute atomic E-state index is 13.6. The van der Waals surface area contributed by atoms with Gasteiger partial charge in [0.1, 0.15) is 5.60 Å². The highest BCUT2D eigenvalue weighted by molar-refractivity contribution is 6.31. The fourth-order valence-electron chi connectivity index (χ4n) is 5.14. The molecule has 0 radical (unpaired) electrons. The molecule has 1 N–H and O–H groups in total. The molecule has 0 spiro atoms. The molecule has 8 heteroatoms. The van der Waals surface area contributed by atoms with E-state index in [2.05, 4.69) is 5.32 Å². The largest absolute Gasteiger partial charge is 0.465 e. The first-order valence-corrected chi connectivity index (χ1v) is 14.0. The van der Waals surface area contributed by atoms with Crippen LogP contribution in [0.4, 0.5) is 10.5 Å². The second kappa shape index (κ2) is 12.0. The van der Waals surface area contributed by atoms with E-state index < -0.39 is 23.1 Å². The number of anilines is 1. The predicted octanol–water partition coefficient (Wildman–Crippen LogP) is 6.76. The zero-order valence-electron chi connectivity index (χ0n) is 24.5. The predicted molar refractivity (Wildman–Crippen MR) is 160 cm³/mol. The summed E-state index contributed by atoms with van der Waals surface area (Å²) in [6.07, 6.45) is 0.931. The van der Waals surface area contributed by atoms with Crippen molar-refractivity contribution in [2.45, 2.75) is 71.6 Å². The minimum atomic E-state index is -0.745. The van der Waals surface area contributed by atoms with Gasteiger partial charge in [-0.3, -0.25) is 4.79 Å². The standard InChI is InChI=1S/C33H37ClN2O5/c1-32(2,3)41-31(39)35-19-24-11-8-7-10-21(24)14-15-22-12-9-13-27(34)25(22)20-36-28-18-23(29(37)40-6)16-17-26(28)33(4,5)30(36)38/h7-13,16-18H,14-15,19-20H2,1-6H3,(H,35,39). The Morgan fingerprint density at radius 1 is 0.951 bits per heavy atom. The van der Waals surface area contributed by atoms with Crippen LogP contribution in [0.5, 0.6) is 0 Å². The zero-order valence-corrected chi connectivity index (χ0v) is 25.2. The average molecular weight is 577 g/mol. The molecule has 3 aromatic rings. The summed E-state index contributed by atoms with van der Waals surface area (Å²) in [6.45, 7) is 9.90. The topological polar surface area (TPSA) is 84.9 Å². The summed E-state index contributed by atoms with van der Waals surface area (Å²) < 4.78 is 10.3. The third kappa shape index (κ3) is 6.73. The van der Waals surface area contributed by atoms with Crippen LogP contribution in [0, 0.1) is 0 Å². The van der Waals surface area contributed by atoms with Crippen LogP contribution in [-0.4, -0.2) is 30.7 Å². The zero-order chi connectivity index (χ0) is 29.9. The van der Waals surface area contributed by atoms with Crippen molar-refractivity contribution in [3.8, 4) is 0 Å². The maximum Gasteiger partial charge on any atom is 0.407 e. The number of fused-ring (bicyclic) bond motifs is 1. The van der Waals surface area contributed by atoms with Gasteiger partial charge in [0.15, 0.2) is 0 Å². The minimum Gasteiger partial charge on any atom is -0.465 e. The van der Waals surface area contributed by atoms with Crippen LogP contribution >= 0.6 is 11.6 Å². The van der Waals surface area contributed by atoms with Crippen molar-refractivity contribution in [3.05, 3.63) is 99.1 Å². The molecule has 0 unspecified atom stereocenters. The van der Waals surface area contributed by atoms with Gasteiger partial charge in [-0.15, -0.1) is 0 Å². The minimum absolute atomic E-state index is 0.0565. The molecule has 0 fully saturated rings. The van der Waals surface area contributed by atoms with Gasteiger partial charge in [-0.05, 0) is 93.5 Å². The molecule has 1 heterocycles. The van der Waals surface area contributed by atoms with Crippen LogP contribution < -0.4 is 10.2 Å². The average Bonchev–Trinajstić information content (AvgIpc) is 3.11. The molecule has 1 aliphatic rings. The number of hydrogen-bond donors (Lipinski definition) is 1. The Morgan fingerprint density at radius 3 is 2.29 bits per heavy atom. The van der Waals surface area contributed by atoms with Gasteiger partial charge >= 0.3 is 12.1 Å². The second-order valence-electron chi connectivity index (χ2n) is 11.7. The number of alkyl carbamates (subject to hydrolysis) is 1. The van der Waals surface area contributed by atoms with Crippen LogP contribution in [0.25, 0.3) is 0 Å². The third-order valence-electron chi connectivity index (χ3n) is 7.30. The van der Waals surface area contributed by atoms with Gasteiger partial charge < -0.3 is 19.7 Å². The van der Waals surface area contributed by atoms with Gasteiger partial charge in [0.2, 0.25) is 5.91 Å². The smallest absolute Gasteiger partial charge is 0.407 e. The van der Waals surface area contributed by atoms with Crippen LogP contribution in [0.2, 0.25) is 5.02 Å². The van der Waals surface area contributed by atoms with Crippen LogP contribution in [0.3, 0.4) is 0 Å². The number of aryl methyl sites for hydroxylation is 2. The Kier molecular flexibility index (Phi) is 8.78. The number of ether oxygens (including phenoxy) is 2. The highest BCUT2D eigenvalue weighted by atomic mass is 35.5. The fourth-order valence-corrected chi connectivity index (χ4v) is 5.40. The maximum atomic E-state index is 13.6. The molecule has 0 aromatic heterocycles. The monoisotopic (exact) mass is 576 g/mol. The number of amides is 2. The van der Waals surface area contributed by atoms with E-state index >= 15 is 0 Å². The molecular weight excluding hydrogens is 540 g/mol. The van der Waals surface area contributed by atoms with E-state index in [4.69, 9.17) is 21.1 Å². The third-order valence-corrected chi connectivity index (χ3v) is 7.65. The Hall–Kier alpha value is -3.84. The van der Waals surface area contributed by atoms with Crippen molar-refractivity contribution in [1.82, 2.24) is 5.32 Å². The van der Waals surface area contributed by atoms with Crippen LogP contribution in [0.1, 0.15) is 72.8 Å². The lowest BCUT2D eigenvalue weighted by Crippen LogP contribution is -2.36. The molecule has 0 atom stereocenters. The van der Waals surface area contributed by atoms with Gasteiger partial charge in [-0.25, -0.2) is 9.59 Å². The lowest BCUT2D eigenvalue weighted by atomic mass is 9.86. The molecule has 0 saturated heterocycles. The molecular formula is C33H37ClN2O5. The lowest BCUT2D eigenvalue weighted by Gasteiger charge is -2.23. The molecule has 0 bridgehead atoms. The molecule has 3 aromatic carbocycles. The first kappa shape index (κ1) is 30.1. The fraction of sp³-hybridized carbons (Fsp3) is 0.364. The Bertz CT molecular complexity index is 1470. The number of hydrogen-bond acceptors (Lipinski definition) is 5. The highest BCUT2D eigenvalue weighted by Crippen LogP contribution is 2.43. The van der Waals surface area contributed by atoms with E-state index in [0.29, 0.717) is 35.7 Å². The molecule has 0 aliphatic carbocycles. The van der Waals surface area contributed by atoms with Gasteiger partial charge in [0, 0.05) is 17.3 Å². The van der Waals surface area contributed by atoms with E-state index in [0.717, 1.165) is 27.8 Å². The van der Waals surface area contributed by atoms with E-state index in [1.54, 1.807) is 17.0 Å². The quantitative estimate of drug-likeness (QED) is 0.299. The SMILES string of the molecule is COC(=O)c1ccc2c(c1)N(Cc1c(Cl)cccc1CCc1ccccc1CNC(=O)OC(C)(C)C)C(=O)C2(C)C. The molecule has 2 amide bonds. The number of carbonyl (C=O) groups excluding carboxylic acids is 3. The first-order chi connectivity index (χ1) is 19.3. The highest BCUT2D eigenvalue weighted by Gasteiger charge is 2.44. The summed E-state index contributed by atoms with van der Waals surface area (Å²) in [6, 6.07) is 19.0. The van der Waals surface area contributed by atoms with E-state index in [1.807, 2.05) is 83.1 Å². The number of nitrogens with zero attached hydrogens (tertiary/aromatic N) is 1. The number of halogens is 1. The summed E-state index contributed by atoms with van der Waals surface area (Å²) in [5.74, 6) is -0.512. The molecule has 1 aliphatic heterocycles. The summed E-state index contributed by atoms with van der Waals surface area (Å²) >= 11 is 6.73. The van der Waals surface area contributed by atoms with Crippen molar-refractivity contribution in [3.63, 3.8) is 0 Å². The van der Waals surface area contributed by atoms with Crippen LogP contribution in [-0.2, 0) is 45.6 Å². The van der Waals surface area contributed by atoms with Gasteiger partial charge in [0.05, 0.1) is 24.6 Å². The molecule has 0 saturated carbocycles. The van der Waals surface area contributed by atoms with Crippen LogP contribution in [0.15, 0.2) is 60.7 Å². The number of nitrogens with one attached hydrogen (secondary N) is 1. The van der Waals surface area contributed by atoms with Gasteiger partial charge in [-0.1, -0.05) is 54.1 Å². The molecule has 41 heavy (non-hydrogen) atoms. The Balaban J connectivity index is 1.57. The Labute approximate surface area is 246 Å². The van der Waals surface area contributed by atoms with Crippen molar-refractivity contribution in [1.29, 1.82) is 0 Å². The van der Waals surface area contributed by atoms with Crippen molar-refractivity contribution >= 4 is 35.3 Å². The molecule has 4 rings (SSSR count). The van der Waals surface area contributed by atoms with Gasteiger partial charge in [-0.2, -0.15) is 0 Å². The van der Waals surface area contributed by atoms with Crippen molar-refractivity contribution in [2.75, 3.05) is 12.0 Å². The van der Waals surface area contributed by atoms with Crippen molar-refractivity contribution < 1.29 is 23.9 Å². The van der Waals surface area contributed by atoms with Gasteiger partial charge in [0.25, 0.3) is 0 Å². The molecule has 216 valence electrons. The summed E-state index contributed by atoms with van der Waals surface area (Å²) in [4.78, 5) is 39.8. The van der Waals surface area contributed by atoms with E-state index in [1.165, 1.54) is 7.11 Å². The number of rotatable bonds is 8. The number of carbonyl (C=O) groups is 3. The first-order valence-electron chi connectivity index (χ1n) is 13.7. The van der Waals surface area contributed by atoms with E-state index in [9.17, 15) is 14.4 Å². The number of methoxy groups -OCH3 is 1. The Morgan fingerprint density at radius 2 is 1.61 bits per heavy atom. The summed E-state index contributed by atoms with van der Waals surface area (Å²) in [5, 5.41) is 3.42. The van der Waals surface area contributed by atoms with Crippen molar-refractivity contribution in [2.24, 2.45) is 0 Å². The number of benzene rings is 3. The lowest BCUT2D eigenvalue weighted by molar-refractivity contribution is -0.122. The van der Waals surface area contributed by atoms with E-state index in [-0.39, 0.29) is 12.5 Å². The normalized spacial score (nSPS) is 14.0. The molecule has 7 nitrogen and oxygen atoms in total. The number of esters is 1.